The van der Waals surface area contributed by atoms with Crippen molar-refractivity contribution in [1.29, 1.82) is 0 Å². The van der Waals surface area contributed by atoms with Gasteiger partial charge in [0.1, 0.15) is 0 Å². The fraction of sp³-hybridized carbons (Fsp3) is 0.562. The minimum Gasteiger partial charge on any atom is -0.371 e. The molecule has 1 atom stereocenters. The topological polar surface area (TPSA) is 123 Å². The maximum absolute atomic E-state index is 12.4. The second-order valence-electron chi connectivity index (χ2n) is 12.1. The smallest absolute Gasteiger partial charge is 0.271 e. The number of aromatic nitrogens is 2. The summed E-state index contributed by atoms with van der Waals surface area (Å²) >= 11 is 0. The Morgan fingerprint density at radius 3 is 2.44 bits per heavy atom. The zero-order chi connectivity index (χ0) is 30.5. The molecular formula is C32H47N9O2. The lowest BCUT2D eigenvalue weighted by Crippen LogP contribution is -2.52. The van der Waals surface area contributed by atoms with E-state index in [0.29, 0.717) is 42.9 Å². The maximum Gasteiger partial charge on any atom is 0.271 e. The number of aryl methyl sites for hydroxylation is 2. The number of hydrogen-bond donors (Lipinski definition) is 3. The minimum absolute atomic E-state index is 0.0199. The van der Waals surface area contributed by atoms with Crippen LogP contribution in [0.25, 0.3) is 0 Å². The van der Waals surface area contributed by atoms with E-state index in [-0.39, 0.29) is 17.6 Å². The molecule has 0 unspecified atom stereocenters. The summed E-state index contributed by atoms with van der Waals surface area (Å²) in [5.41, 5.74) is 9.75. The molecule has 3 saturated heterocycles. The predicted molar refractivity (Wildman–Crippen MR) is 172 cm³/mol. The van der Waals surface area contributed by atoms with Crippen LogP contribution in [0.4, 0.5) is 23.0 Å². The number of amides is 2. The zero-order valence-electron chi connectivity index (χ0n) is 25.9. The molecule has 4 heterocycles. The molecule has 5 rings (SSSR count). The molecule has 1 aromatic heterocycles. The fourth-order valence-electron chi connectivity index (χ4n) is 6.59. The first-order valence-electron chi connectivity index (χ1n) is 15.7. The summed E-state index contributed by atoms with van der Waals surface area (Å²) < 4.78 is 0. The van der Waals surface area contributed by atoms with E-state index in [4.69, 9.17) is 10.7 Å². The quantitative estimate of drug-likeness (QED) is 0.379. The van der Waals surface area contributed by atoms with Crippen LogP contribution in [0.2, 0.25) is 0 Å². The van der Waals surface area contributed by atoms with Gasteiger partial charge in [0.25, 0.3) is 5.91 Å². The molecule has 4 N–H and O–H groups in total. The summed E-state index contributed by atoms with van der Waals surface area (Å²) in [6.45, 7) is 15.7. The lowest BCUT2D eigenvalue weighted by Gasteiger charge is -2.43. The third-order valence-corrected chi connectivity index (χ3v) is 9.10. The van der Waals surface area contributed by atoms with E-state index in [0.717, 1.165) is 50.3 Å². The molecule has 3 fully saturated rings. The normalized spacial score (nSPS) is 20.6. The number of piperazine rings is 1. The van der Waals surface area contributed by atoms with E-state index >= 15 is 0 Å². The molecule has 2 amide bonds. The van der Waals surface area contributed by atoms with Gasteiger partial charge >= 0.3 is 0 Å². The van der Waals surface area contributed by atoms with Gasteiger partial charge in [0, 0.05) is 75.8 Å². The number of likely N-dealkylation sites (tertiary alicyclic amines) is 1. The zero-order valence-corrected chi connectivity index (χ0v) is 25.9. The molecule has 1 aromatic carbocycles. The first-order valence-corrected chi connectivity index (χ1v) is 15.7. The molecule has 2 aromatic rings. The first-order chi connectivity index (χ1) is 20.7. The van der Waals surface area contributed by atoms with Crippen molar-refractivity contribution in [1.82, 2.24) is 24.7 Å². The molecule has 43 heavy (non-hydrogen) atoms. The molecule has 0 aliphatic carbocycles. The molecule has 11 heteroatoms. The van der Waals surface area contributed by atoms with Crippen molar-refractivity contribution < 1.29 is 9.59 Å². The Hall–Kier alpha value is -3.70. The Morgan fingerprint density at radius 2 is 1.79 bits per heavy atom. The van der Waals surface area contributed by atoms with E-state index in [1.165, 1.54) is 37.7 Å². The second-order valence-corrected chi connectivity index (χ2v) is 12.1. The number of nitrogens with two attached hydrogens (primary N) is 1. The summed E-state index contributed by atoms with van der Waals surface area (Å²) in [6, 6.07) is 6.96. The lowest BCUT2D eigenvalue weighted by atomic mass is 10.0. The van der Waals surface area contributed by atoms with Gasteiger partial charge in [-0.1, -0.05) is 13.5 Å². The van der Waals surface area contributed by atoms with Crippen LogP contribution < -0.4 is 21.3 Å². The van der Waals surface area contributed by atoms with Gasteiger partial charge in [-0.3, -0.25) is 14.5 Å². The minimum atomic E-state index is -0.631. The molecule has 0 spiro atoms. The number of piperidine rings is 2. The maximum atomic E-state index is 12.4. The molecule has 3 aliphatic rings. The van der Waals surface area contributed by atoms with Crippen LogP contribution in [-0.2, 0) is 11.2 Å². The number of nitrogens with zero attached hydrogens (tertiary/aromatic N) is 6. The van der Waals surface area contributed by atoms with E-state index < -0.39 is 5.91 Å². The Morgan fingerprint density at radius 1 is 1.05 bits per heavy atom. The molecule has 0 bridgehead atoms. The third-order valence-electron chi connectivity index (χ3n) is 9.10. The lowest BCUT2D eigenvalue weighted by molar-refractivity contribution is -0.127. The summed E-state index contributed by atoms with van der Waals surface area (Å²) in [6.07, 6.45) is 6.08. The summed E-state index contributed by atoms with van der Waals surface area (Å²) in [4.78, 5) is 43.4. The number of benzene rings is 1. The molecule has 3 aliphatic heterocycles. The third kappa shape index (κ3) is 7.27. The van der Waals surface area contributed by atoms with Crippen LogP contribution in [0.5, 0.6) is 0 Å². The van der Waals surface area contributed by atoms with Crippen molar-refractivity contribution in [2.45, 2.75) is 58.0 Å². The van der Waals surface area contributed by atoms with Crippen LogP contribution in [0.1, 0.15) is 54.4 Å². The highest BCUT2D eigenvalue weighted by Gasteiger charge is 2.28. The predicted octanol–water partition coefficient (Wildman–Crippen LogP) is 3.00. The van der Waals surface area contributed by atoms with Gasteiger partial charge in [0.15, 0.2) is 17.3 Å². The highest BCUT2D eigenvalue weighted by atomic mass is 16.2. The van der Waals surface area contributed by atoms with Crippen LogP contribution >= 0.6 is 0 Å². The molecule has 11 nitrogen and oxygen atoms in total. The first kappa shape index (κ1) is 30.7. The van der Waals surface area contributed by atoms with Crippen LogP contribution in [0, 0.1) is 6.92 Å². The summed E-state index contributed by atoms with van der Waals surface area (Å²) in [5, 5.41) is 6.81. The van der Waals surface area contributed by atoms with Crippen molar-refractivity contribution in [3.8, 4) is 0 Å². The SMILES string of the molecule is C=CC(=O)N1CCC[C@@H](Nc2nc(Nc3ccc(N4CCC(N5CCN(C)CC5)CC4)c(C)c3)c(C(N)=O)nc2CC)C1. The Balaban J connectivity index is 1.29. The van der Waals surface area contributed by atoms with Crippen LogP contribution in [-0.4, -0.2) is 108 Å². The number of carbonyl (C=O) groups is 2. The highest BCUT2D eigenvalue weighted by molar-refractivity contribution is 5.96. The number of anilines is 4. The van der Waals surface area contributed by atoms with Crippen LogP contribution in [0.3, 0.4) is 0 Å². The number of primary amides is 1. The standard InChI is InChI=1S/C32H47N9O2/c1-5-26-31(35-24-8-7-13-41(21-24)28(42)6-2)37-32(29(36-26)30(33)43)34-23-9-10-27(22(3)20-23)40-14-11-25(12-15-40)39-18-16-38(4)17-19-39/h6,9-10,20,24-25H,2,5,7-8,11-19,21H2,1,3-4H3,(H2,33,43)(H2,34,35,37)/t24-/m1/s1. The number of hydrogen-bond acceptors (Lipinski definition) is 9. The Kier molecular flexibility index (Phi) is 9.82. The summed E-state index contributed by atoms with van der Waals surface area (Å²) in [5.74, 6) is 0.220. The van der Waals surface area contributed by atoms with Crippen molar-refractivity contribution in [2.24, 2.45) is 5.73 Å². The van der Waals surface area contributed by atoms with Gasteiger partial charge < -0.3 is 31.1 Å². The average Bonchev–Trinajstić information content (AvgIpc) is 3.01. The molecule has 0 saturated carbocycles. The van der Waals surface area contributed by atoms with Gasteiger partial charge in [0.05, 0.1) is 5.69 Å². The van der Waals surface area contributed by atoms with Crippen molar-refractivity contribution in [3.63, 3.8) is 0 Å². The molecule has 0 radical (unpaired) electrons. The highest BCUT2D eigenvalue weighted by Crippen LogP contribution is 2.30. The second kappa shape index (κ2) is 13.7. The van der Waals surface area contributed by atoms with Crippen LogP contribution in [0.15, 0.2) is 30.9 Å². The Labute approximate surface area is 255 Å². The number of nitrogens with one attached hydrogen (secondary N) is 2. The monoisotopic (exact) mass is 589 g/mol. The van der Waals surface area contributed by atoms with Crippen molar-refractivity contribution >= 4 is 34.8 Å². The molecular weight excluding hydrogens is 542 g/mol. The van der Waals surface area contributed by atoms with Gasteiger partial charge in [-0.25, -0.2) is 9.97 Å². The number of carbonyl (C=O) groups excluding carboxylic acids is 2. The summed E-state index contributed by atoms with van der Waals surface area (Å²) in [7, 11) is 2.21. The van der Waals surface area contributed by atoms with E-state index in [1.54, 1.807) is 4.90 Å². The van der Waals surface area contributed by atoms with Gasteiger partial charge in [0.2, 0.25) is 5.91 Å². The van der Waals surface area contributed by atoms with Gasteiger partial charge in [-0.2, -0.15) is 0 Å². The van der Waals surface area contributed by atoms with Gasteiger partial charge in [-0.05, 0) is 75.9 Å². The Bertz CT molecular complexity index is 1320. The van der Waals surface area contributed by atoms with E-state index in [1.807, 2.05) is 13.0 Å². The van der Waals surface area contributed by atoms with Crippen molar-refractivity contribution in [2.75, 3.05) is 74.9 Å². The molecule has 232 valence electrons. The fourth-order valence-corrected chi connectivity index (χ4v) is 6.59. The van der Waals surface area contributed by atoms with Crippen molar-refractivity contribution in [3.05, 3.63) is 47.8 Å². The van der Waals surface area contributed by atoms with E-state index in [2.05, 4.69) is 63.0 Å². The van der Waals surface area contributed by atoms with E-state index in [9.17, 15) is 9.59 Å². The average molecular weight is 590 g/mol. The van der Waals surface area contributed by atoms with Gasteiger partial charge in [-0.15, -0.1) is 0 Å². The number of likely N-dealkylation sites (N-methyl/N-ethyl adjacent to an activating group) is 1. The number of rotatable bonds is 9. The largest absolute Gasteiger partial charge is 0.371 e.